The lowest BCUT2D eigenvalue weighted by atomic mass is 9.79. The Morgan fingerprint density at radius 2 is 1.94 bits per heavy atom. The van der Waals surface area contributed by atoms with Gasteiger partial charge in [0.05, 0.1) is 5.92 Å². The van der Waals surface area contributed by atoms with Crippen LogP contribution in [0.3, 0.4) is 0 Å². The summed E-state index contributed by atoms with van der Waals surface area (Å²) >= 11 is 5.47. The molecule has 0 spiro atoms. The smallest absolute Gasteiger partial charge is 0.408 e. The van der Waals surface area contributed by atoms with Gasteiger partial charge in [-0.15, -0.1) is 0 Å². The number of alkyl carbamates (subject to hydrolysis) is 1. The van der Waals surface area contributed by atoms with Gasteiger partial charge in [0, 0.05) is 0 Å². The number of benzene rings is 1. The number of carbonyl (C=O) groups is 3. The second-order valence-electron chi connectivity index (χ2n) is 7.77. The highest BCUT2D eigenvalue weighted by atomic mass is 35.5. The van der Waals surface area contributed by atoms with Crippen LogP contribution in [-0.4, -0.2) is 35.7 Å². The number of amides is 1. The average Bonchev–Trinajstić information content (AvgIpc) is 3.07. The molecule has 172 valence electrons. The van der Waals surface area contributed by atoms with Gasteiger partial charge in [0.2, 0.25) is 0 Å². The lowest BCUT2D eigenvalue weighted by molar-refractivity contribution is -0.263. The Morgan fingerprint density at radius 3 is 2.55 bits per heavy atom. The molecule has 9 heteroatoms. The highest BCUT2D eigenvalue weighted by Crippen LogP contribution is 2.35. The Morgan fingerprint density at radius 1 is 1.23 bits per heavy atom. The van der Waals surface area contributed by atoms with Gasteiger partial charge in [0.1, 0.15) is 12.7 Å². The van der Waals surface area contributed by atoms with Crippen molar-refractivity contribution in [2.75, 3.05) is 6.07 Å². The minimum atomic E-state index is -1.38. The third kappa shape index (κ3) is 6.33. The Labute approximate surface area is 187 Å². The molecule has 2 rings (SSSR count). The zero-order chi connectivity index (χ0) is 22.9. The molecule has 1 saturated heterocycles. The highest BCUT2D eigenvalue weighted by Gasteiger charge is 2.58. The lowest BCUT2D eigenvalue weighted by Crippen LogP contribution is -2.62. The molecular weight excluding hydrogens is 426 g/mol. The number of rotatable bonds is 11. The van der Waals surface area contributed by atoms with Crippen molar-refractivity contribution in [3.8, 4) is 0 Å². The third-order valence-corrected chi connectivity index (χ3v) is 5.67. The monoisotopic (exact) mass is 455 g/mol. The van der Waals surface area contributed by atoms with Gasteiger partial charge in [0.15, 0.2) is 11.6 Å². The van der Waals surface area contributed by atoms with E-state index in [1.54, 1.807) is 13.8 Å². The number of carbonyl (C=O) groups excluding carboxylic acids is 3. The summed E-state index contributed by atoms with van der Waals surface area (Å²) in [7, 11) is 0. The summed E-state index contributed by atoms with van der Waals surface area (Å²) in [5.74, 6) is -1.64. The van der Waals surface area contributed by atoms with Crippen molar-refractivity contribution in [3.05, 3.63) is 35.9 Å². The summed E-state index contributed by atoms with van der Waals surface area (Å²) in [6, 6.07) is 9.04. The zero-order valence-electron chi connectivity index (χ0n) is 18.1. The number of hydrogen-bond donors (Lipinski definition) is 1. The first-order chi connectivity index (χ1) is 14.8. The number of hydrogen-bond acceptors (Lipinski definition) is 7. The zero-order valence-corrected chi connectivity index (χ0v) is 18.9. The summed E-state index contributed by atoms with van der Waals surface area (Å²) in [4.78, 5) is 47.2. The number of halogens is 1. The molecule has 1 heterocycles. The first-order valence-electron chi connectivity index (χ1n) is 10.4. The van der Waals surface area contributed by atoms with Crippen molar-refractivity contribution in [2.24, 2.45) is 11.8 Å². The number of alkyl halides is 1. The molecule has 0 radical (unpaired) electrons. The van der Waals surface area contributed by atoms with E-state index in [-0.39, 0.29) is 30.5 Å². The standard InChI is InChI=1S/C22H30ClNO7/c1-4-17(19(25)29-14-23)11-8-12-18-22(15(2)3,20(26)31-30-18)24-21(27)28-13-16-9-6-5-7-10-16/h5-7,9-10,15,17-18H,4,8,11-14H2,1-3H3,(H,24,27)/t17?,18?,22-/m1/s1. The van der Waals surface area contributed by atoms with E-state index in [2.05, 4.69) is 5.32 Å². The van der Waals surface area contributed by atoms with Crippen LogP contribution in [0.25, 0.3) is 0 Å². The van der Waals surface area contributed by atoms with Crippen LogP contribution in [0, 0.1) is 11.8 Å². The largest absolute Gasteiger partial charge is 0.449 e. The Hall–Kier alpha value is -2.32. The molecule has 1 aliphatic heterocycles. The molecule has 1 aliphatic rings. The molecular formula is C22H30ClNO7. The van der Waals surface area contributed by atoms with E-state index in [1.165, 1.54) is 0 Å². The van der Waals surface area contributed by atoms with E-state index in [1.807, 2.05) is 37.3 Å². The first kappa shape index (κ1) is 24.9. The molecule has 31 heavy (non-hydrogen) atoms. The van der Waals surface area contributed by atoms with Crippen LogP contribution in [0.4, 0.5) is 4.79 Å². The molecule has 0 bridgehead atoms. The summed E-state index contributed by atoms with van der Waals surface area (Å²) in [5.41, 5.74) is -0.556. The highest BCUT2D eigenvalue weighted by molar-refractivity contribution is 6.17. The molecule has 0 aliphatic carbocycles. The van der Waals surface area contributed by atoms with Crippen molar-refractivity contribution in [3.63, 3.8) is 0 Å². The van der Waals surface area contributed by atoms with E-state index in [0.29, 0.717) is 25.7 Å². The van der Waals surface area contributed by atoms with Gasteiger partial charge >= 0.3 is 18.0 Å². The normalized spacial score (nSPS) is 21.5. The molecule has 1 aromatic carbocycles. The van der Waals surface area contributed by atoms with E-state index >= 15 is 0 Å². The fourth-order valence-corrected chi connectivity index (χ4v) is 3.78. The van der Waals surface area contributed by atoms with Crippen LogP contribution >= 0.6 is 11.6 Å². The molecule has 0 aromatic heterocycles. The van der Waals surface area contributed by atoms with Gasteiger partial charge in [-0.25, -0.2) is 9.59 Å². The van der Waals surface area contributed by atoms with Crippen LogP contribution in [0.15, 0.2) is 30.3 Å². The van der Waals surface area contributed by atoms with Gasteiger partial charge in [-0.3, -0.25) is 9.68 Å². The van der Waals surface area contributed by atoms with Crippen LogP contribution in [0.5, 0.6) is 0 Å². The molecule has 0 saturated carbocycles. The minimum Gasteiger partial charge on any atom is -0.449 e. The topological polar surface area (TPSA) is 100 Å². The van der Waals surface area contributed by atoms with E-state index in [0.717, 1.165) is 5.56 Å². The maximum atomic E-state index is 12.6. The molecule has 1 fully saturated rings. The molecule has 3 atom stereocenters. The van der Waals surface area contributed by atoms with Gasteiger partial charge in [-0.1, -0.05) is 62.7 Å². The second-order valence-corrected chi connectivity index (χ2v) is 7.99. The lowest BCUT2D eigenvalue weighted by Gasteiger charge is -2.33. The fraction of sp³-hybridized carbons (Fsp3) is 0.591. The average molecular weight is 456 g/mol. The molecule has 8 nitrogen and oxygen atoms in total. The predicted octanol–water partition coefficient (Wildman–Crippen LogP) is 4.10. The van der Waals surface area contributed by atoms with Gasteiger partial charge in [-0.2, -0.15) is 4.89 Å². The minimum absolute atomic E-state index is 0.0717. The van der Waals surface area contributed by atoms with Crippen molar-refractivity contribution < 1.29 is 33.6 Å². The fourth-order valence-electron chi connectivity index (χ4n) is 3.68. The van der Waals surface area contributed by atoms with Crippen LogP contribution in [-0.2, 0) is 35.4 Å². The summed E-state index contributed by atoms with van der Waals surface area (Å²) in [6.45, 7) is 5.56. The van der Waals surface area contributed by atoms with E-state index < -0.39 is 23.7 Å². The summed E-state index contributed by atoms with van der Waals surface area (Å²) < 4.78 is 10.2. The third-order valence-electron chi connectivity index (χ3n) is 5.56. The van der Waals surface area contributed by atoms with Crippen molar-refractivity contribution in [2.45, 2.75) is 64.7 Å². The van der Waals surface area contributed by atoms with Crippen molar-refractivity contribution in [1.29, 1.82) is 0 Å². The van der Waals surface area contributed by atoms with Gasteiger partial charge < -0.3 is 14.8 Å². The molecule has 1 amide bonds. The summed E-state index contributed by atoms with van der Waals surface area (Å²) in [5, 5.41) is 2.69. The predicted molar refractivity (Wildman–Crippen MR) is 113 cm³/mol. The maximum Gasteiger partial charge on any atom is 0.408 e. The van der Waals surface area contributed by atoms with E-state index in [9.17, 15) is 14.4 Å². The molecule has 1 N–H and O–H groups in total. The van der Waals surface area contributed by atoms with Crippen molar-refractivity contribution in [1.82, 2.24) is 5.32 Å². The number of ether oxygens (including phenoxy) is 2. The first-order valence-corrected chi connectivity index (χ1v) is 11.0. The SMILES string of the molecule is CCC(CCCC1OOC(=O)[C@@]1(NC(=O)OCc1ccccc1)C(C)C)C(=O)OCCl. The Balaban J connectivity index is 2.00. The number of nitrogens with one attached hydrogen (secondary N) is 1. The Bertz CT molecular complexity index is 743. The summed E-state index contributed by atoms with van der Waals surface area (Å²) in [6.07, 6.45) is 0.649. The van der Waals surface area contributed by atoms with Gasteiger partial charge in [-0.05, 0) is 37.2 Å². The van der Waals surface area contributed by atoms with E-state index in [4.69, 9.17) is 30.8 Å². The van der Waals surface area contributed by atoms with Crippen LogP contribution in [0.2, 0.25) is 0 Å². The van der Waals surface area contributed by atoms with Crippen LogP contribution in [0.1, 0.15) is 52.0 Å². The van der Waals surface area contributed by atoms with Gasteiger partial charge in [0.25, 0.3) is 0 Å². The maximum absolute atomic E-state index is 12.6. The molecule has 1 aromatic rings. The Kier molecular flexibility index (Phi) is 9.58. The number of esters is 1. The second kappa shape index (κ2) is 11.9. The van der Waals surface area contributed by atoms with Crippen LogP contribution < -0.4 is 5.32 Å². The molecule has 2 unspecified atom stereocenters. The quantitative estimate of drug-likeness (QED) is 0.304. The van der Waals surface area contributed by atoms with Crippen molar-refractivity contribution >= 4 is 29.6 Å².